The number of furan rings is 1. The first-order chi connectivity index (χ1) is 35.9. The Balaban J connectivity index is 0.00000255. The summed E-state index contributed by atoms with van der Waals surface area (Å²) in [5.41, 5.74) is 19.9. The topological polar surface area (TPSA) is 56.7 Å². The van der Waals surface area contributed by atoms with Crippen LogP contribution < -0.4 is 0 Å². The fourth-order valence-electron chi connectivity index (χ4n) is 11.1. The number of aromatic nitrogens is 4. The van der Waals surface area contributed by atoms with Gasteiger partial charge in [0.05, 0.1) is 11.0 Å². The monoisotopic (exact) mass is 938 g/mol. The third kappa shape index (κ3) is 7.35. The second-order valence-corrected chi connectivity index (χ2v) is 19.2. The minimum absolute atomic E-state index is 0.0963. The fraction of sp³-hybridized carbons (Fsp3) is 0.0735. The standard InChI is InChI=1S/C66H44N4O.C2H6/c1-66(2)57-28-12-9-25-50(57)51-33-31-44(39-58(51)66)43-21-15-22-45(35-43)55-37-48(41-17-5-3-6-18-41)38-56-52-26-10-13-29-59(52)70(62(55)56)49-24-16-23-46(36-49)64-67-63(42-19-7-4-8-20-42)68-65(69-64)47-32-34-54-53-27-11-14-30-60(53)71-61(54)40-47;1-2/h3-40H,1-2H3;1-2H3. The van der Waals surface area contributed by atoms with Crippen molar-refractivity contribution in [2.45, 2.75) is 33.1 Å². The summed E-state index contributed by atoms with van der Waals surface area (Å²) in [6.45, 7) is 8.70. The quantitative estimate of drug-likeness (QED) is 0.160. The van der Waals surface area contributed by atoms with Crippen molar-refractivity contribution in [3.8, 4) is 84.4 Å². The van der Waals surface area contributed by atoms with Crippen LogP contribution in [0.1, 0.15) is 38.8 Å². The van der Waals surface area contributed by atoms with Crippen molar-refractivity contribution in [3.05, 3.63) is 242 Å². The summed E-state index contributed by atoms with van der Waals surface area (Å²) < 4.78 is 8.76. The third-order valence-corrected chi connectivity index (χ3v) is 14.6. The predicted molar refractivity (Wildman–Crippen MR) is 303 cm³/mol. The van der Waals surface area contributed by atoms with E-state index in [9.17, 15) is 0 Å². The molecule has 0 fully saturated rings. The molecule has 1 aliphatic rings. The lowest BCUT2D eigenvalue weighted by Gasteiger charge is -2.22. The summed E-state index contributed by atoms with van der Waals surface area (Å²) in [5.74, 6) is 1.76. The van der Waals surface area contributed by atoms with E-state index >= 15 is 0 Å². The van der Waals surface area contributed by atoms with Gasteiger partial charge in [-0.3, -0.25) is 0 Å². The molecule has 3 heterocycles. The fourth-order valence-corrected chi connectivity index (χ4v) is 11.1. The first-order valence-electron chi connectivity index (χ1n) is 25.2. The summed E-state index contributed by atoms with van der Waals surface area (Å²) in [4.78, 5) is 15.5. The van der Waals surface area contributed by atoms with E-state index in [0.29, 0.717) is 17.5 Å². The van der Waals surface area contributed by atoms with Crippen LogP contribution in [0.2, 0.25) is 0 Å². The highest BCUT2D eigenvalue weighted by atomic mass is 16.3. The minimum Gasteiger partial charge on any atom is -0.456 e. The van der Waals surface area contributed by atoms with Crippen LogP contribution in [0.5, 0.6) is 0 Å². The van der Waals surface area contributed by atoms with E-state index in [0.717, 1.165) is 66.5 Å². The van der Waals surface area contributed by atoms with E-state index in [2.05, 4.69) is 194 Å². The van der Waals surface area contributed by atoms with Crippen molar-refractivity contribution < 1.29 is 4.42 Å². The molecule has 0 saturated carbocycles. The van der Waals surface area contributed by atoms with Crippen molar-refractivity contribution in [2.75, 3.05) is 0 Å². The molecule has 73 heavy (non-hydrogen) atoms. The van der Waals surface area contributed by atoms with Crippen molar-refractivity contribution in [1.29, 1.82) is 0 Å². The molecule has 0 spiro atoms. The largest absolute Gasteiger partial charge is 0.456 e. The van der Waals surface area contributed by atoms with E-state index < -0.39 is 0 Å². The molecule has 0 aliphatic heterocycles. The Morgan fingerprint density at radius 3 is 1.73 bits per heavy atom. The first-order valence-corrected chi connectivity index (χ1v) is 25.2. The van der Waals surface area contributed by atoms with Crippen LogP contribution in [0, 0.1) is 0 Å². The Morgan fingerprint density at radius 2 is 0.918 bits per heavy atom. The van der Waals surface area contributed by atoms with Gasteiger partial charge in [-0.05, 0) is 111 Å². The summed E-state index contributed by atoms with van der Waals surface area (Å²) in [6, 6.07) is 82.4. The molecule has 348 valence electrons. The molecule has 0 atom stereocenters. The molecule has 1 aliphatic carbocycles. The lowest BCUT2D eigenvalue weighted by Crippen LogP contribution is -2.14. The summed E-state index contributed by atoms with van der Waals surface area (Å²) in [7, 11) is 0. The third-order valence-electron chi connectivity index (χ3n) is 14.6. The zero-order valence-electron chi connectivity index (χ0n) is 41.1. The molecule has 0 radical (unpaired) electrons. The van der Waals surface area contributed by atoms with Gasteiger partial charge in [0.15, 0.2) is 17.5 Å². The van der Waals surface area contributed by atoms with Gasteiger partial charge in [0.1, 0.15) is 11.2 Å². The zero-order valence-corrected chi connectivity index (χ0v) is 41.1. The molecule has 0 bridgehead atoms. The molecule has 10 aromatic carbocycles. The van der Waals surface area contributed by atoms with E-state index in [1.165, 1.54) is 55.3 Å². The Morgan fingerprint density at radius 1 is 0.342 bits per heavy atom. The molecule has 0 unspecified atom stereocenters. The molecule has 5 nitrogen and oxygen atoms in total. The molecule has 0 amide bonds. The Hall–Kier alpha value is -9.19. The van der Waals surface area contributed by atoms with Crippen molar-refractivity contribution in [1.82, 2.24) is 19.5 Å². The molecule has 5 heteroatoms. The van der Waals surface area contributed by atoms with Crippen LogP contribution in [-0.4, -0.2) is 19.5 Å². The molecular formula is C68H50N4O. The van der Waals surface area contributed by atoms with E-state index in [1.54, 1.807) is 0 Å². The average molecular weight is 939 g/mol. The van der Waals surface area contributed by atoms with E-state index in [-0.39, 0.29) is 5.41 Å². The highest BCUT2D eigenvalue weighted by molar-refractivity contribution is 6.15. The summed E-state index contributed by atoms with van der Waals surface area (Å²) in [6.07, 6.45) is 0. The highest BCUT2D eigenvalue weighted by Crippen LogP contribution is 2.50. The van der Waals surface area contributed by atoms with Crippen LogP contribution in [0.3, 0.4) is 0 Å². The van der Waals surface area contributed by atoms with Gasteiger partial charge in [0.2, 0.25) is 0 Å². The Kier molecular flexibility index (Phi) is 10.6. The van der Waals surface area contributed by atoms with E-state index in [1.807, 2.05) is 68.4 Å². The van der Waals surface area contributed by atoms with Gasteiger partial charge < -0.3 is 8.98 Å². The number of para-hydroxylation sites is 2. The van der Waals surface area contributed by atoms with E-state index in [4.69, 9.17) is 19.4 Å². The molecule has 3 aromatic heterocycles. The molecule has 0 saturated heterocycles. The highest BCUT2D eigenvalue weighted by Gasteiger charge is 2.35. The van der Waals surface area contributed by atoms with Gasteiger partial charge in [0, 0.05) is 54.9 Å². The van der Waals surface area contributed by atoms with Gasteiger partial charge in [-0.25, -0.2) is 15.0 Å². The number of rotatable bonds is 7. The van der Waals surface area contributed by atoms with Gasteiger partial charge in [0.25, 0.3) is 0 Å². The van der Waals surface area contributed by atoms with Gasteiger partial charge >= 0.3 is 0 Å². The SMILES string of the molecule is CC.CC1(C)c2ccccc2-c2ccc(-c3cccc(-c4cc(-c5ccccc5)cc5c6ccccc6n(-c6cccc(-c7nc(-c8ccccc8)nc(-c8ccc9c(c8)oc8ccccc89)n7)c6)c45)c3)cc21. The minimum atomic E-state index is -0.0963. The summed E-state index contributed by atoms with van der Waals surface area (Å²) >= 11 is 0. The van der Waals surface area contributed by atoms with Crippen LogP contribution in [0.4, 0.5) is 0 Å². The predicted octanol–water partition coefficient (Wildman–Crippen LogP) is 18.2. The lowest BCUT2D eigenvalue weighted by atomic mass is 9.81. The van der Waals surface area contributed by atoms with Crippen molar-refractivity contribution in [2.24, 2.45) is 0 Å². The molecule has 14 rings (SSSR count). The Bertz CT molecular complexity index is 4260. The maximum Gasteiger partial charge on any atom is 0.164 e. The zero-order chi connectivity index (χ0) is 49.2. The van der Waals surface area contributed by atoms with Crippen LogP contribution in [-0.2, 0) is 5.41 Å². The van der Waals surface area contributed by atoms with Crippen molar-refractivity contribution in [3.63, 3.8) is 0 Å². The van der Waals surface area contributed by atoms with Crippen LogP contribution in [0.25, 0.3) is 128 Å². The lowest BCUT2D eigenvalue weighted by molar-refractivity contribution is 0.660. The van der Waals surface area contributed by atoms with Gasteiger partial charge in [-0.1, -0.05) is 198 Å². The molecular weight excluding hydrogens is 889 g/mol. The smallest absolute Gasteiger partial charge is 0.164 e. The Labute approximate surface area is 424 Å². The molecule has 13 aromatic rings. The molecule has 0 N–H and O–H groups in total. The number of hydrogen-bond acceptors (Lipinski definition) is 4. The first kappa shape index (κ1) is 43.8. The van der Waals surface area contributed by atoms with Crippen LogP contribution in [0.15, 0.2) is 235 Å². The number of nitrogens with zero attached hydrogens (tertiary/aromatic N) is 4. The number of benzene rings is 10. The maximum absolute atomic E-state index is 6.34. The maximum atomic E-state index is 6.34. The summed E-state index contributed by atoms with van der Waals surface area (Å²) in [5, 5.41) is 4.50. The normalized spacial score (nSPS) is 12.5. The van der Waals surface area contributed by atoms with Crippen LogP contribution >= 0.6 is 0 Å². The average Bonchev–Trinajstić information content (AvgIpc) is 4.08. The van der Waals surface area contributed by atoms with Gasteiger partial charge in [-0.2, -0.15) is 0 Å². The number of hydrogen-bond donors (Lipinski definition) is 0. The van der Waals surface area contributed by atoms with Gasteiger partial charge in [-0.15, -0.1) is 0 Å². The second kappa shape index (κ2) is 17.6. The second-order valence-electron chi connectivity index (χ2n) is 19.2. The van der Waals surface area contributed by atoms with Crippen molar-refractivity contribution >= 4 is 43.7 Å². The number of fused-ring (bicyclic) bond motifs is 9.